The predicted octanol–water partition coefficient (Wildman–Crippen LogP) is 6.88. The fraction of sp³-hybridized carbons (Fsp3) is 1.00. The Labute approximate surface area is 134 Å². The standard InChI is InChI=1S/C20H42O/c1-3-5-6-7-11-14-17-20(4-2)18-15-12-9-8-10-13-16-19-21/h20-21H,3-19H2,1-2H3. The Morgan fingerprint density at radius 2 is 1.00 bits per heavy atom. The van der Waals surface area contributed by atoms with Gasteiger partial charge in [-0.05, 0) is 12.3 Å². The van der Waals surface area contributed by atoms with Crippen LogP contribution in [0.15, 0.2) is 0 Å². The number of hydrogen-bond acceptors (Lipinski definition) is 1. The van der Waals surface area contributed by atoms with Crippen LogP contribution in [0.2, 0.25) is 0 Å². The fourth-order valence-electron chi connectivity index (χ4n) is 3.19. The first-order chi connectivity index (χ1) is 10.3. The van der Waals surface area contributed by atoms with Crippen LogP contribution in [0.25, 0.3) is 0 Å². The molecule has 0 amide bonds. The Bertz CT molecular complexity index is 179. The number of hydrogen-bond donors (Lipinski definition) is 1. The third kappa shape index (κ3) is 16.2. The third-order valence-corrected chi connectivity index (χ3v) is 4.81. The van der Waals surface area contributed by atoms with Crippen LogP contribution in [0.5, 0.6) is 0 Å². The Morgan fingerprint density at radius 3 is 1.43 bits per heavy atom. The molecule has 1 heteroatoms. The molecule has 0 radical (unpaired) electrons. The van der Waals surface area contributed by atoms with E-state index in [0.29, 0.717) is 6.61 Å². The van der Waals surface area contributed by atoms with E-state index in [0.717, 1.165) is 12.3 Å². The van der Waals surface area contributed by atoms with Crippen LogP contribution in [-0.4, -0.2) is 11.7 Å². The molecule has 0 fully saturated rings. The monoisotopic (exact) mass is 298 g/mol. The maximum atomic E-state index is 8.73. The minimum Gasteiger partial charge on any atom is -0.396 e. The average molecular weight is 299 g/mol. The van der Waals surface area contributed by atoms with E-state index in [1.807, 2.05) is 0 Å². The van der Waals surface area contributed by atoms with Crippen molar-refractivity contribution in [2.24, 2.45) is 5.92 Å². The molecule has 1 nitrogen and oxygen atoms in total. The van der Waals surface area contributed by atoms with Gasteiger partial charge in [-0.25, -0.2) is 0 Å². The van der Waals surface area contributed by atoms with Crippen LogP contribution < -0.4 is 0 Å². The average Bonchev–Trinajstić information content (AvgIpc) is 2.51. The summed E-state index contributed by atoms with van der Waals surface area (Å²) < 4.78 is 0. The normalized spacial score (nSPS) is 12.7. The van der Waals surface area contributed by atoms with Crippen molar-refractivity contribution in [3.05, 3.63) is 0 Å². The summed E-state index contributed by atoms with van der Waals surface area (Å²) in [5.74, 6) is 0.991. The summed E-state index contributed by atoms with van der Waals surface area (Å²) in [6.45, 7) is 5.03. The molecule has 0 aliphatic rings. The van der Waals surface area contributed by atoms with Crippen molar-refractivity contribution in [1.29, 1.82) is 0 Å². The van der Waals surface area contributed by atoms with E-state index in [2.05, 4.69) is 13.8 Å². The van der Waals surface area contributed by atoms with Crippen LogP contribution in [0.4, 0.5) is 0 Å². The first kappa shape index (κ1) is 21.0. The smallest absolute Gasteiger partial charge is 0.0431 e. The van der Waals surface area contributed by atoms with E-state index in [4.69, 9.17) is 5.11 Å². The molecule has 0 spiro atoms. The summed E-state index contributed by atoms with van der Waals surface area (Å²) in [5, 5.41) is 8.73. The molecule has 0 saturated carbocycles. The van der Waals surface area contributed by atoms with E-state index < -0.39 is 0 Å². The van der Waals surface area contributed by atoms with Gasteiger partial charge in [-0.3, -0.25) is 0 Å². The number of rotatable bonds is 17. The fourth-order valence-corrected chi connectivity index (χ4v) is 3.19. The van der Waals surface area contributed by atoms with Crippen LogP contribution in [0, 0.1) is 5.92 Å². The largest absolute Gasteiger partial charge is 0.396 e. The number of aliphatic hydroxyl groups is 1. The molecule has 0 saturated heterocycles. The van der Waals surface area contributed by atoms with Crippen LogP contribution in [0.1, 0.15) is 117 Å². The zero-order chi connectivity index (χ0) is 15.6. The lowest BCUT2D eigenvalue weighted by atomic mass is 9.92. The topological polar surface area (TPSA) is 20.2 Å². The minimum atomic E-state index is 0.372. The highest BCUT2D eigenvalue weighted by molar-refractivity contribution is 4.59. The molecule has 0 aromatic heterocycles. The van der Waals surface area contributed by atoms with E-state index in [9.17, 15) is 0 Å². The van der Waals surface area contributed by atoms with E-state index in [1.165, 1.54) is 96.3 Å². The zero-order valence-electron chi connectivity index (χ0n) is 15.0. The summed E-state index contributed by atoms with van der Waals surface area (Å²) in [4.78, 5) is 0. The molecular weight excluding hydrogens is 256 g/mol. The summed E-state index contributed by atoms with van der Waals surface area (Å²) in [5.41, 5.74) is 0. The highest BCUT2D eigenvalue weighted by Crippen LogP contribution is 2.21. The van der Waals surface area contributed by atoms with Crippen LogP contribution in [0.3, 0.4) is 0 Å². The predicted molar refractivity (Wildman–Crippen MR) is 95.8 cm³/mol. The molecule has 1 atom stereocenters. The highest BCUT2D eigenvalue weighted by Gasteiger charge is 2.05. The lowest BCUT2D eigenvalue weighted by molar-refractivity contribution is 0.282. The van der Waals surface area contributed by atoms with Gasteiger partial charge in [-0.1, -0.05) is 110 Å². The lowest BCUT2D eigenvalue weighted by Gasteiger charge is -2.14. The molecular formula is C20H42O. The second kappa shape index (κ2) is 18.0. The van der Waals surface area contributed by atoms with Crippen molar-refractivity contribution in [1.82, 2.24) is 0 Å². The Balaban J connectivity index is 3.28. The zero-order valence-corrected chi connectivity index (χ0v) is 15.0. The van der Waals surface area contributed by atoms with Crippen molar-refractivity contribution < 1.29 is 5.11 Å². The van der Waals surface area contributed by atoms with Crippen LogP contribution in [-0.2, 0) is 0 Å². The number of unbranched alkanes of at least 4 members (excludes halogenated alkanes) is 11. The quantitative estimate of drug-likeness (QED) is 0.290. The summed E-state index contributed by atoms with van der Waals surface area (Å²) in [6, 6.07) is 0. The first-order valence-electron chi connectivity index (χ1n) is 9.96. The molecule has 0 heterocycles. The first-order valence-corrected chi connectivity index (χ1v) is 9.96. The molecule has 1 unspecified atom stereocenters. The summed E-state index contributed by atoms with van der Waals surface area (Å²) in [7, 11) is 0. The Kier molecular flexibility index (Phi) is 18.0. The van der Waals surface area contributed by atoms with E-state index in [-0.39, 0.29) is 0 Å². The molecule has 21 heavy (non-hydrogen) atoms. The SMILES string of the molecule is CCCCCCCCC(CC)CCCCCCCCCO. The molecule has 0 bridgehead atoms. The van der Waals surface area contributed by atoms with Crippen molar-refractivity contribution in [3.63, 3.8) is 0 Å². The van der Waals surface area contributed by atoms with E-state index >= 15 is 0 Å². The van der Waals surface area contributed by atoms with Gasteiger partial charge in [0.1, 0.15) is 0 Å². The Hall–Kier alpha value is -0.0400. The van der Waals surface area contributed by atoms with Crippen molar-refractivity contribution in [2.45, 2.75) is 117 Å². The van der Waals surface area contributed by atoms with Gasteiger partial charge in [-0.2, -0.15) is 0 Å². The lowest BCUT2D eigenvalue weighted by Crippen LogP contribution is -1.99. The molecule has 0 aromatic carbocycles. The molecule has 1 N–H and O–H groups in total. The maximum absolute atomic E-state index is 8.73. The van der Waals surface area contributed by atoms with Gasteiger partial charge >= 0.3 is 0 Å². The second-order valence-electron chi connectivity index (χ2n) is 6.82. The second-order valence-corrected chi connectivity index (χ2v) is 6.82. The minimum absolute atomic E-state index is 0.372. The maximum Gasteiger partial charge on any atom is 0.0431 e. The van der Waals surface area contributed by atoms with E-state index in [1.54, 1.807) is 0 Å². The van der Waals surface area contributed by atoms with Gasteiger partial charge in [-0.15, -0.1) is 0 Å². The van der Waals surface area contributed by atoms with Gasteiger partial charge in [0.2, 0.25) is 0 Å². The van der Waals surface area contributed by atoms with Gasteiger partial charge in [0.05, 0.1) is 0 Å². The molecule has 0 aliphatic heterocycles. The summed E-state index contributed by atoms with van der Waals surface area (Å²) in [6.07, 6.45) is 22.1. The Morgan fingerprint density at radius 1 is 0.571 bits per heavy atom. The molecule has 0 rings (SSSR count). The third-order valence-electron chi connectivity index (χ3n) is 4.81. The van der Waals surface area contributed by atoms with Gasteiger partial charge in [0.15, 0.2) is 0 Å². The van der Waals surface area contributed by atoms with Crippen molar-refractivity contribution >= 4 is 0 Å². The van der Waals surface area contributed by atoms with Crippen molar-refractivity contribution in [2.75, 3.05) is 6.61 Å². The van der Waals surface area contributed by atoms with Gasteiger partial charge < -0.3 is 5.11 Å². The summed E-state index contributed by atoms with van der Waals surface area (Å²) >= 11 is 0. The van der Waals surface area contributed by atoms with Crippen molar-refractivity contribution in [3.8, 4) is 0 Å². The van der Waals surface area contributed by atoms with Gasteiger partial charge in [0, 0.05) is 6.61 Å². The van der Waals surface area contributed by atoms with Gasteiger partial charge in [0.25, 0.3) is 0 Å². The molecule has 0 aromatic rings. The molecule has 0 aliphatic carbocycles. The van der Waals surface area contributed by atoms with Crippen LogP contribution >= 0.6 is 0 Å². The molecule has 128 valence electrons. The highest BCUT2D eigenvalue weighted by atomic mass is 16.2. The number of aliphatic hydroxyl groups excluding tert-OH is 1.